The molecule has 104 valence electrons. The molecule has 3 nitrogen and oxygen atoms in total. The molecule has 19 heavy (non-hydrogen) atoms. The minimum absolute atomic E-state index is 0.0735. The molecule has 0 aromatic heterocycles. The molecule has 0 saturated heterocycles. The predicted octanol–water partition coefficient (Wildman–Crippen LogP) is 3.04. The van der Waals surface area contributed by atoms with Crippen molar-refractivity contribution in [2.24, 2.45) is 0 Å². The first kappa shape index (κ1) is 14.1. The summed E-state index contributed by atoms with van der Waals surface area (Å²) in [5.74, 6) is -0.121. The lowest BCUT2D eigenvalue weighted by Gasteiger charge is -2.27. The number of carbonyl (C=O) groups excluding carboxylic acids is 1. The molecule has 0 unspecified atom stereocenters. The van der Waals surface area contributed by atoms with E-state index in [1.165, 1.54) is 5.56 Å². The van der Waals surface area contributed by atoms with Crippen molar-refractivity contribution in [1.29, 1.82) is 0 Å². The van der Waals surface area contributed by atoms with Crippen LogP contribution in [0.4, 0.5) is 0 Å². The number of benzene rings is 1. The number of ether oxygens (including phenoxy) is 2. The van der Waals surface area contributed by atoms with Crippen LogP contribution >= 0.6 is 0 Å². The fourth-order valence-electron chi connectivity index (χ4n) is 2.49. The van der Waals surface area contributed by atoms with Gasteiger partial charge < -0.3 is 9.47 Å². The number of rotatable bonds is 4. The van der Waals surface area contributed by atoms with Gasteiger partial charge in [-0.25, -0.2) is 0 Å². The standard InChI is InChI=1S/C16H22O3/c1-12-3-5-13(6-4-12)11-16(17)19-15-9-7-14(18-2)8-10-15/h3-6,14-15H,7-11H2,1-2H3. The van der Waals surface area contributed by atoms with Gasteiger partial charge >= 0.3 is 5.97 Å². The molecule has 0 N–H and O–H groups in total. The maximum Gasteiger partial charge on any atom is 0.310 e. The van der Waals surface area contributed by atoms with Gasteiger partial charge in [0.15, 0.2) is 0 Å². The molecule has 1 saturated carbocycles. The van der Waals surface area contributed by atoms with E-state index in [9.17, 15) is 4.79 Å². The van der Waals surface area contributed by atoms with Crippen molar-refractivity contribution in [3.63, 3.8) is 0 Å². The highest BCUT2D eigenvalue weighted by Gasteiger charge is 2.23. The Bertz CT molecular complexity index is 403. The predicted molar refractivity (Wildman–Crippen MR) is 74.0 cm³/mol. The van der Waals surface area contributed by atoms with Crippen LogP contribution in [0.15, 0.2) is 24.3 Å². The second-order valence-electron chi connectivity index (χ2n) is 5.29. The zero-order chi connectivity index (χ0) is 13.7. The van der Waals surface area contributed by atoms with Crippen molar-refractivity contribution in [2.45, 2.75) is 51.2 Å². The van der Waals surface area contributed by atoms with Crippen LogP contribution in [-0.4, -0.2) is 25.3 Å². The minimum atomic E-state index is -0.121. The molecular weight excluding hydrogens is 240 g/mol. The van der Waals surface area contributed by atoms with Gasteiger partial charge in [-0.2, -0.15) is 0 Å². The average Bonchev–Trinajstić information content (AvgIpc) is 2.42. The smallest absolute Gasteiger partial charge is 0.310 e. The lowest BCUT2D eigenvalue weighted by Crippen LogP contribution is -2.28. The van der Waals surface area contributed by atoms with Crippen molar-refractivity contribution < 1.29 is 14.3 Å². The summed E-state index contributed by atoms with van der Waals surface area (Å²) >= 11 is 0. The van der Waals surface area contributed by atoms with Crippen molar-refractivity contribution in [3.8, 4) is 0 Å². The van der Waals surface area contributed by atoms with Gasteiger partial charge in [-0.3, -0.25) is 4.79 Å². The van der Waals surface area contributed by atoms with E-state index >= 15 is 0 Å². The van der Waals surface area contributed by atoms with Crippen LogP contribution in [0.25, 0.3) is 0 Å². The molecule has 0 atom stereocenters. The van der Waals surface area contributed by atoms with Crippen molar-refractivity contribution >= 4 is 5.97 Å². The van der Waals surface area contributed by atoms with Crippen LogP contribution < -0.4 is 0 Å². The summed E-state index contributed by atoms with van der Waals surface area (Å²) in [4.78, 5) is 11.9. The van der Waals surface area contributed by atoms with Crippen LogP contribution in [0.5, 0.6) is 0 Å². The zero-order valence-corrected chi connectivity index (χ0v) is 11.7. The van der Waals surface area contributed by atoms with E-state index in [-0.39, 0.29) is 12.1 Å². The quantitative estimate of drug-likeness (QED) is 0.782. The monoisotopic (exact) mass is 262 g/mol. The van der Waals surface area contributed by atoms with Crippen LogP contribution in [0.2, 0.25) is 0 Å². The van der Waals surface area contributed by atoms with Gasteiger partial charge in [0, 0.05) is 7.11 Å². The topological polar surface area (TPSA) is 35.5 Å². The summed E-state index contributed by atoms with van der Waals surface area (Å²) in [6.45, 7) is 2.04. The zero-order valence-electron chi connectivity index (χ0n) is 11.7. The molecule has 3 heteroatoms. The Morgan fingerprint density at radius 2 is 1.68 bits per heavy atom. The van der Waals surface area contributed by atoms with Crippen LogP contribution in [-0.2, 0) is 20.7 Å². The molecule has 0 spiro atoms. The van der Waals surface area contributed by atoms with Crippen LogP contribution in [0.3, 0.4) is 0 Å². The number of esters is 1. The third-order valence-corrected chi connectivity index (χ3v) is 3.72. The average molecular weight is 262 g/mol. The van der Waals surface area contributed by atoms with Crippen LogP contribution in [0, 0.1) is 6.92 Å². The fourth-order valence-corrected chi connectivity index (χ4v) is 2.49. The van der Waals surface area contributed by atoms with Gasteiger partial charge in [0.05, 0.1) is 12.5 Å². The van der Waals surface area contributed by atoms with Gasteiger partial charge in [0.2, 0.25) is 0 Å². The fraction of sp³-hybridized carbons (Fsp3) is 0.562. The first-order chi connectivity index (χ1) is 9.17. The summed E-state index contributed by atoms with van der Waals surface area (Å²) in [6.07, 6.45) is 4.58. The van der Waals surface area contributed by atoms with E-state index in [2.05, 4.69) is 0 Å². The molecule has 0 heterocycles. The van der Waals surface area contributed by atoms with E-state index in [1.807, 2.05) is 31.2 Å². The third-order valence-electron chi connectivity index (χ3n) is 3.72. The number of hydrogen-bond donors (Lipinski definition) is 0. The number of hydrogen-bond acceptors (Lipinski definition) is 3. The summed E-state index contributed by atoms with van der Waals surface area (Å²) < 4.78 is 10.8. The second kappa shape index (κ2) is 6.71. The first-order valence-corrected chi connectivity index (χ1v) is 6.95. The Labute approximate surface area is 114 Å². The normalized spacial score (nSPS) is 23.1. The van der Waals surface area contributed by atoms with E-state index in [4.69, 9.17) is 9.47 Å². The summed E-state index contributed by atoms with van der Waals surface area (Å²) in [7, 11) is 1.74. The molecule has 0 bridgehead atoms. The lowest BCUT2D eigenvalue weighted by molar-refractivity contribution is -0.150. The van der Waals surface area contributed by atoms with Gasteiger partial charge in [0.1, 0.15) is 6.10 Å². The van der Waals surface area contributed by atoms with Crippen molar-refractivity contribution in [1.82, 2.24) is 0 Å². The maximum atomic E-state index is 11.9. The molecular formula is C16H22O3. The van der Waals surface area contributed by atoms with E-state index in [1.54, 1.807) is 7.11 Å². The Kier molecular flexibility index (Phi) is 4.97. The Balaban J connectivity index is 1.77. The molecule has 1 aliphatic rings. The largest absolute Gasteiger partial charge is 0.462 e. The van der Waals surface area contributed by atoms with Crippen molar-refractivity contribution in [3.05, 3.63) is 35.4 Å². The van der Waals surface area contributed by atoms with Crippen molar-refractivity contribution in [2.75, 3.05) is 7.11 Å². The molecule has 0 amide bonds. The van der Waals surface area contributed by atoms with Gasteiger partial charge in [-0.05, 0) is 38.2 Å². The van der Waals surface area contributed by atoms with Gasteiger partial charge in [-0.1, -0.05) is 29.8 Å². The SMILES string of the molecule is COC1CCC(OC(=O)Cc2ccc(C)cc2)CC1. The second-order valence-corrected chi connectivity index (χ2v) is 5.29. The summed E-state index contributed by atoms with van der Waals surface area (Å²) in [5, 5.41) is 0. The molecule has 0 aliphatic heterocycles. The van der Waals surface area contributed by atoms with Gasteiger partial charge in [-0.15, -0.1) is 0 Å². The molecule has 1 fully saturated rings. The molecule has 2 rings (SSSR count). The maximum absolute atomic E-state index is 11.9. The highest BCUT2D eigenvalue weighted by molar-refractivity contribution is 5.72. The highest BCUT2D eigenvalue weighted by atomic mass is 16.5. The Hall–Kier alpha value is -1.35. The van der Waals surface area contributed by atoms with E-state index < -0.39 is 0 Å². The number of carbonyl (C=O) groups is 1. The van der Waals surface area contributed by atoms with Gasteiger partial charge in [0.25, 0.3) is 0 Å². The third kappa shape index (κ3) is 4.35. The minimum Gasteiger partial charge on any atom is -0.462 e. The Morgan fingerprint density at radius 1 is 1.11 bits per heavy atom. The first-order valence-electron chi connectivity index (χ1n) is 6.95. The molecule has 0 radical (unpaired) electrons. The van der Waals surface area contributed by atoms with E-state index in [0.29, 0.717) is 12.5 Å². The lowest BCUT2D eigenvalue weighted by atomic mass is 9.95. The molecule has 1 aromatic carbocycles. The summed E-state index contributed by atoms with van der Waals surface area (Å²) in [5.41, 5.74) is 2.22. The number of methoxy groups -OCH3 is 1. The summed E-state index contributed by atoms with van der Waals surface area (Å²) in [6, 6.07) is 8.01. The molecule has 1 aliphatic carbocycles. The van der Waals surface area contributed by atoms with Crippen LogP contribution in [0.1, 0.15) is 36.8 Å². The number of aryl methyl sites for hydroxylation is 1. The highest BCUT2D eigenvalue weighted by Crippen LogP contribution is 2.23. The van der Waals surface area contributed by atoms with E-state index in [0.717, 1.165) is 31.2 Å². The Morgan fingerprint density at radius 3 is 2.26 bits per heavy atom. The molecule has 1 aromatic rings.